The molecule has 2 aromatic heterocycles. The van der Waals surface area contributed by atoms with Gasteiger partial charge in [0.1, 0.15) is 6.10 Å². The van der Waals surface area contributed by atoms with Gasteiger partial charge in [-0.15, -0.1) is 0 Å². The lowest BCUT2D eigenvalue weighted by Gasteiger charge is -2.31. The highest BCUT2D eigenvalue weighted by Gasteiger charge is 2.26. The average Bonchev–Trinajstić information content (AvgIpc) is 2.63. The molecular weight excluding hydrogens is 298 g/mol. The molecule has 3 heterocycles. The zero-order valence-corrected chi connectivity index (χ0v) is 12.8. The summed E-state index contributed by atoms with van der Waals surface area (Å²) in [5.41, 5.74) is 0. The van der Waals surface area contributed by atoms with E-state index in [-0.39, 0.29) is 23.8 Å². The molecule has 0 spiro atoms. The Hall–Kier alpha value is -2.77. The molecule has 2 aromatic rings. The third-order valence-electron chi connectivity index (χ3n) is 3.56. The molecule has 8 heteroatoms. The number of likely N-dealkylation sites (tertiary alicyclic amines) is 1. The van der Waals surface area contributed by atoms with E-state index in [0.717, 1.165) is 12.8 Å². The molecule has 1 fully saturated rings. The molecule has 3 rings (SSSR count). The fourth-order valence-corrected chi connectivity index (χ4v) is 2.39. The number of methoxy groups -OCH3 is 1. The minimum Gasteiger partial charge on any atom is -0.474 e. The summed E-state index contributed by atoms with van der Waals surface area (Å²) in [5.74, 6) is 0.563. The van der Waals surface area contributed by atoms with Crippen LogP contribution >= 0.6 is 0 Å². The van der Waals surface area contributed by atoms with Crippen LogP contribution in [0.25, 0.3) is 0 Å². The maximum absolute atomic E-state index is 12.3. The lowest BCUT2D eigenvalue weighted by atomic mass is 10.1. The van der Waals surface area contributed by atoms with Crippen LogP contribution in [0.4, 0.5) is 0 Å². The third-order valence-corrected chi connectivity index (χ3v) is 3.56. The number of hydrogen-bond donors (Lipinski definition) is 0. The Labute approximate surface area is 133 Å². The molecule has 1 aliphatic heterocycles. The Balaban J connectivity index is 1.55. The van der Waals surface area contributed by atoms with Gasteiger partial charge >= 0.3 is 6.01 Å². The first kappa shape index (κ1) is 15.1. The van der Waals surface area contributed by atoms with Gasteiger partial charge in [-0.3, -0.25) is 4.79 Å². The summed E-state index contributed by atoms with van der Waals surface area (Å²) >= 11 is 0. The van der Waals surface area contributed by atoms with E-state index in [1.54, 1.807) is 35.6 Å². The van der Waals surface area contributed by atoms with Crippen LogP contribution in [0.5, 0.6) is 11.9 Å². The minimum atomic E-state index is -0.146. The summed E-state index contributed by atoms with van der Waals surface area (Å²) in [6.07, 6.45) is 6.19. The molecule has 0 saturated carbocycles. The smallest absolute Gasteiger partial charge is 0.319 e. The normalized spacial score (nSPS) is 15.3. The van der Waals surface area contributed by atoms with Crippen molar-refractivity contribution in [3.8, 4) is 11.9 Å². The Morgan fingerprint density at radius 2 is 1.91 bits per heavy atom. The van der Waals surface area contributed by atoms with Crippen molar-refractivity contribution in [1.29, 1.82) is 0 Å². The molecule has 8 nitrogen and oxygen atoms in total. The Bertz CT molecular complexity index is 659. The van der Waals surface area contributed by atoms with E-state index in [1.807, 2.05) is 0 Å². The summed E-state index contributed by atoms with van der Waals surface area (Å²) in [6, 6.07) is 3.65. The standard InChI is InChI=1S/C15H17N5O3/c1-22-15-18-8-3-12(19-15)23-11-4-9-20(10-5-11)14(21)13-16-6-2-7-17-13/h2-3,6-8,11H,4-5,9-10H2,1H3. The van der Waals surface area contributed by atoms with Crippen molar-refractivity contribution < 1.29 is 14.3 Å². The van der Waals surface area contributed by atoms with Crippen molar-refractivity contribution in [2.24, 2.45) is 0 Å². The number of carbonyl (C=O) groups excluding carboxylic acids is 1. The first-order valence-electron chi connectivity index (χ1n) is 7.36. The van der Waals surface area contributed by atoms with Crippen LogP contribution in [0.2, 0.25) is 0 Å². The number of aromatic nitrogens is 4. The monoisotopic (exact) mass is 315 g/mol. The topological polar surface area (TPSA) is 90.3 Å². The Morgan fingerprint density at radius 1 is 1.17 bits per heavy atom. The maximum Gasteiger partial charge on any atom is 0.319 e. The van der Waals surface area contributed by atoms with E-state index in [4.69, 9.17) is 9.47 Å². The number of nitrogens with zero attached hydrogens (tertiary/aromatic N) is 5. The van der Waals surface area contributed by atoms with Crippen LogP contribution in [-0.4, -0.2) is 57.0 Å². The van der Waals surface area contributed by atoms with Crippen LogP contribution in [-0.2, 0) is 0 Å². The molecule has 1 saturated heterocycles. The number of rotatable bonds is 4. The van der Waals surface area contributed by atoms with Gasteiger partial charge in [-0.1, -0.05) is 0 Å². The molecule has 0 atom stereocenters. The summed E-state index contributed by atoms with van der Waals surface area (Å²) in [6.45, 7) is 1.20. The number of piperidine rings is 1. The quantitative estimate of drug-likeness (QED) is 0.830. The summed E-state index contributed by atoms with van der Waals surface area (Å²) in [7, 11) is 1.51. The van der Waals surface area contributed by atoms with Gasteiger partial charge in [-0.2, -0.15) is 4.98 Å². The van der Waals surface area contributed by atoms with Gasteiger partial charge in [-0.25, -0.2) is 15.0 Å². The molecule has 0 radical (unpaired) electrons. The number of amides is 1. The Morgan fingerprint density at radius 3 is 2.61 bits per heavy atom. The molecule has 1 amide bonds. The van der Waals surface area contributed by atoms with E-state index >= 15 is 0 Å². The van der Waals surface area contributed by atoms with Crippen molar-refractivity contribution in [2.45, 2.75) is 18.9 Å². The van der Waals surface area contributed by atoms with E-state index in [1.165, 1.54) is 7.11 Å². The van der Waals surface area contributed by atoms with Gasteiger partial charge in [0.25, 0.3) is 5.91 Å². The van der Waals surface area contributed by atoms with Crippen molar-refractivity contribution in [1.82, 2.24) is 24.8 Å². The minimum absolute atomic E-state index is 0.00958. The highest BCUT2D eigenvalue weighted by molar-refractivity contribution is 5.90. The highest BCUT2D eigenvalue weighted by Crippen LogP contribution is 2.19. The van der Waals surface area contributed by atoms with Gasteiger partial charge in [0, 0.05) is 50.6 Å². The molecule has 0 unspecified atom stereocenters. The summed E-state index contributed by atoms with van der Waals surface area (Å²) < 4.78 is 10.8. The van der Waals surface area contributed by atoms with Gasteiger partial charge in [0.2, 0.25) is 11.7 Å². The van der Waals surface area contributed by atoms with Gasteiger partial charge in [0.05, 0.1) is 7.11 Å². The first-order valence-corrected chi connectivity index (χ1v) is 7.36. The first-order chi connectivity index (χ1) is 11.3. The van der Waals surface area contributed by atoms with E-state index < -0.39 is 0 Å². The van der Waals surface area contributed by atoms with Crippen LogP contribution in [0.3, 0.4) is 0 Å². The summed E-state index contributed by atoms with van der Waals surface area (Å²) in [5, 5.41) is 0. The van der Waals surface area contributed by atoms with Gasteiger partial charge in [-0.05, 0) is 6.07 Å². The zero-order chi connectivity index (χ0) is 16.1. The lowest BCUT2D eigenvalue weighted by molar-refractivity contribution is 0.0575. The van der Waals surface area contributed by atoms with Gasteiger partial charge in [0.15, 0.2) is 0 Å². The van der Waals surface area contributed by atoms with Crippen molar-refractivity contribution in [2.75, 3.05) is 20.2 Å². The third kappa shape index (κ3) is 3.71. The molecule has 0 bridgehead atoms. The maximum atomic E-state index is 12.3. The molecule has 0 aliphatic carbocycles. The lowest BCUT2D eigenvalue weighted by Crippen LogP contribution is -2.42. The van der Waals surface area contributed by atoms with Crippen molar-refractivity contribution in [3.05, 3.63) is 36.5 Å². The molecular formula is C15H17N5O3. The molecule has 1 aliphatic rings. The number of carbonyl (C=O) groups is 1. The van der Waals surface area contributed by atoms with E-state index in [9.17, 15) is 4.79 Å². The highest BCUT2D eigenvalue weighted by atomic mass is 16.5. The average molecular weight is 315 g/mol. The number of hydrogen-bond acceptors (Lipinski definition) is 7. The molecule has 120 valence electrons. The predicted octanol–water partition coefficient (Wildman–Crippen LogP) is 0.959. The fraction of sp³-hybridized carbons (Fsp3) is 0.400. The van der Waals surface area contributed by atoms with Gasteiger partial charge < -0.3 is 14.4 Å². The second kappa shape index (κ2) is 6.99. The van der Waals surface area contributed by atoms with Crippen LogP contribution in [0.15, 0.2) is 30.7 Å². The van der Waals surface area contributed by atoms with E-state index in [2.05, 4.69) is 19.9 Å². The summed E-state index contributed by atoms with van der Waals surface area (Å²) in [4.78, 5) is 30.1. The van der Waals surface area contributed by atoms with Crippen molar-refractivity contribution in [3.63, 3.8) is 0 Å². The van der Waals surface area contributed by atoms with E-state index in [0.29, 0.717) is 19.0 Å². The fourth-order valence-electron chi connectivity index (χ4n) is 2.39. The van der Waals surface area contributed by atoms with Crippen LogP contribution in [0, 0.1) is 0 Å². The second-order valence-corrected chi connectivity index (χ2v) is 5.06. The Kier molecular flexibility index (Phi) is 4.60. The van der Waals surface area contributed by atoms with Crippen LogP contribution < -0.4 is 9.47 Å². The zero-order valence-electron chi connectivity index (χ0n) is 12.8. The SMILES string of the molecule is COc1nccc(OC2CCN(C(=O)c3ncccn3)CC2)n1. The van der Waals surface area contributed by atoms with Crippen molar-refractivity contribution >= 4 is 5.91 Å². The predicted molar refractivity (Wildman–Crippen MR) is 80.2 cm³/mol. The molecule has 0 aromatic carbocycles. The largest absolute Gasteiger partial charge is 0.474 e. The second-order valence-electron chi connectivity index (χ2n) is 5.06. The van der Waals surface area contributed by atoms with Crippen LogP contribution in [0.1, 0.15) is 23.5 Å². The molecule has 0 N–H and O–H groups in total. The molecule has 23 heavy (non-hydrogen) atoms. The number of ether oxygens (including phenoxy) is 2.